The van der Waals surface area contributed by atoms with E-state index >= 15 is 0 Å². The van der Waals surface area contributed by atoms with Gasteiger partial charge in [-0.2, -0.15) is 5.26 Å². The minimum absolute atomic E-state index is 0.0225. The Kier molecular flexibility index (Phi) is 7.37. The lowest BCUT2D eigenvalue weighted by molar-refractivity contribution is -0.384. The molecule has 0 saturated heterocycles. The summed E-state index contributed by atoms with van der Waals surface area (Å²) in [6, 6.07) is 28.7. The zero-order valence-electron chi connectivity index (χ0n) is 19.5. The van der Waals surface area contributed by atoms with Gasteiger partial charge in [-0.05, 0) is 41.0 Å². The van der Waals surface area contributed by atoms with Crippen molar-refractivity contribution in [3.63, 3.8) is 0 Å². The Morgan fingerprint density at radius 1 is 1.06 bits per heavy atom. The Morgan fingerprint density at radius 2 is 1.81 bits per heavy atom. The first-order chi connectivity index (χ1) is 17.5. The van der Waals surface area contributed by atoms with Crippen LogP contribution in [0.5, 0.6) is 5.75 Å². The maximum Gasteiger partial charge on any atom is 0.269 e. The van der Waals surface area contributed by atoms with Crippen molar-refractivity contribution in [2.75, 3.05) is 0 Å². The molecule has 0 bridgehead atoms. The van der Waals surface area contributed by atoms with Gasteiger partial charge >= 0.3 is 0 Å². The largest absolute Gasteiger partial charge is 0.488 e. The highest BCUT2D eigenvalue weighted by atomic mass is 16.6. The second-order valence-corrected chi connectivity index (χ2v) is 8.19. The van der Waals surface area contributed by atoms with Crippen LogP contribution in [0.2, 0.25) is 0 Å². The Labute approximate surface area is 208 Å². The maximum absolute atomic E-state index is 13.0. The van der Waals surface area contributed by atoms with Crippen LogP contribution in [-0.4, -0.2) is 10.8 Å². The van der Waals surface area contributed by atoms with E-state index in [0.29, 0.717) is 16.9 Å². The summed E-state index contributed by atoms with van der Waals surface area (Å²) in [4.78, 5) is 23.6. The number of hydrogen-bond acceptors (Lipinski definition) is 5. The summed E-state index contributed by atoms with van der Waals surface area (Å²) in [5.41, 5.74) is 2.05. The van der Waals surface area contributed by atoms with Gasteiger partial charge in [0.05, 0.1) is 11.0 Å². The minimum Gasteiger partial charge on any atom is -0.488 e. The molecule has 36 heavy (non-hydrogen) atoms. The molecule has 178 valence electrons. The average molecular weight is 478 g/mol. The van der Waals surface area contributed by atoms with Gasteiger partial charge in [0.15, 0.2) is 0 Å². The summed E-state index contributed by atoms with van der Waals surface area (Å²) in [6.07, 6.45) is 1.53. The first kappa shape index (κ1) is 24.2. The molecule has 0 unspecified atom stereocenters. The molecule has 0 aliphatic carbocycles. The highest BCUT2D eigenvalue weighted by molar-refractivity contribution is 6.05. The molecule has 0 heterocycles. The highest BCUT2D eigenvalue weighted by Crippen LogP contribution is 2.31. The number of hydrogen-bond donors (Lipinski definition) is 1. The van der Waals surface area contributed by atoms with Crippen LogP contribution in [0.3, 0.4) is 0 Å². The lowest BCUT2D eigenvalue weighted by Crippen LogP contribution is -2.27. The molecular formula is C29H23N3O4. The van der Waals surface area contributed by atoms with Crippen molar-refractivity contribution in [1.29, 1.82) is 5.26 Å². The lowest BCUT2D eigenvalue weighted by atomic mass is 10.0. The maximum atomic E-state index is 13.0. The van der Waals surface area contributed by atoms with Gasteiger partial charge in [-0.3, -0.25) is 14.9 Å². The van der Waals surface area contributed by atoms with Crippen molar-refractivity contribution in [1.82, 2.24) is 5.32 Å². The number of fused-ring (bicyclic) bond motifs is 1. The Bertz CT molecular complexity index is 1490. The van der Waals surface area contributed by atoms with Crippen molar-refractivity contribution in [2.45, 2.75) is 19.6 Å². The van der Waals surface area contributed by atoms with E-state index in [1.807, 2.05) is 73.7 Å². The summed E-state index contributed by atoms with van der Waals surface area (Å²) in [7, 11) is 0. The molecule has 0 saturated carbocycles. The van der Waals surface area contributed by atoms with Gasteiger partial charge in [0.25, 0.3) is 11.6 Å². The number of nitrogens with one attached hydrogen (secondary N) is 1. The standard InChI is InChI=1S/C29H23N3O4/c1-20(22-9-3-2-4-10-22)31-29(33)24(18-30)17-27-26-13-6-5-11-23(26)14-15-28(27)36-19-21-8-7-12-25(16-21)32(34)35/h2-17,20H,19H2,1H3,(H,31,33)/b24-17-/t20-/m1/s1. The van der Waals surface area contributed by atoms with E-state index in [2.05, 4.69) is 5.32 Å². The van der Waals surface area contributed by atoms with Crippen LogP contribution < -0.4 is 10.1 Å². The molecule has 7 nitrogen and oxygen atoms in total. The minimum atomic E-state index is -0.494. The number of benzene rings is 4. The fourth-order valence-electron chi connectivity index (χ4n) is 3.86. The third-order valence-corrected chi connectivity index (χ3v) is 5.75. The third-order valence-electron chi connectivity index (χ3n) is 5.75. The second kappa shape index (κ2) is 11.0. The van der Waals surface area contributed by atoms with Crippen molar-refractivity contribution >= 4 is 28.4 Å². The molecule has 0 spiro atoms. The number of nitrogens with zero attached hydrogens (tertiary/aromatic N) is 2. The first-order valence-electron chi connectivity index (χ1n) is 11.3. The Morgan fingerprint density at radius 3 is 2.56 bits per heavy atom. The van der Waals surface area contributed by atoms with Gasteiger partial charge in [-0.1, -0.05) is 72.8 Å². The molecule has 0 aliphatic heterocycles. The number of nitro benzene ring substituents is 1. The van der Waals surface area contributed by atoms with Crippen molar-refractivity contribution in [2.24, 2.45) is 0 Å². The summed E-state index contributed by atoms with van der Waals surface area (Å²) < 4.78 is 6.03. The predicted octanol–water partition coefficient (Wildman–Crippen LogP) is 6.11. The lowest BCUT2D eigenvalue weighted by Gasteiger charge is -2.15. The third kappa shape index (κ3) is 5.57. The molecular weight excluding hydrogens is 454 g/mol. The molecule has 7 heteroatoms. The highest BCUT2D eigenvalue weighted by Gasteiger charge is 2.16. The number of nitriles is 1. The summed E-state index contributed by atoms with van der Waals surface area (Å²) in [5.74, 6) is -0.0386. The number of nitro groups is 1. The van der Waals surface area contributed by atoms with Crippen LogP contribution in [0.15, 0.2) is 96.6 Å². The normalized spacial score (nSPS) is 11.9. The molecule has 4 aromatic rings. The van der Waals surface area contributed by atoms with Gasteiger partial charge in [0.1, 0.15) is 24.0 Å². The molecule has 0 fully saturated rings. The van der Waals surface area contributed by atoms with Crippen LogP contribution in [0.1, 0.15) is 29.7 Å². The number of amides is 1. The predicted molar refractivity (Wildman–Crippen MR) is 138 cm³/mol. The van der Waals surface area contributed by atoms with Crippen molar-refractivity contribution < 1.29 is 14.5 Å². The van der Waals surface area contributed by atoms with E-state index in [1.54, 1.807) is 18.2 Å². The Hall–Kier alpha value is -4.96. The molecule has 1 atom stereocenters. The van der Waals surface area contributed by atoms with E-state index in [1.165, 1.54) is 18.2 Å². The summed E-state index contributed by atoms with van der Waals surface area (Å²) in [6.45, 7) is 1.94. The second-order valence-electron chi connectivity index (χ2n) is 8.19. The van der Waals surface area contributed by atoms with Crippen molar-refractivity contribution in [3.8, 4) is 11.8 Å². The van der Waals surface area contributed by atoms with Crippen LogP contribution in [0.4, 0.5) is 5.69 Å². The fraction of sp³-hybridized carbons (Fsp3) is 0.103. The van der Waals surface area contributed by atoms with Gasteiger partial charge in [-0.25, -0.2) is 0 Å². The van der Waals surface area contributed by atoms with Gasteiger partial charge < -0.3 is 10.1 Å². The molecule has 0 aromatic heterocycles. The van der Waals surface area contributed by atoms with Crippen LogP contribution in [0, 0.1) is 21.4 Å². The number of rotatable bonds is 8. The monoisotopic (exact) mass is 477 g/mol. The van der Waals surface area contributed by atoms with Gasteiger partial charge in [0, 0.05) is 17.7 Å². The topological polar surface area (TPSA) is 105 Å². The van der Waals surface area contributed by atoms with E-state index in [0.717, 1.165) is 16.3 Å². The van der Waals surface area contributed by atoms with Gasteiger partial charge in [-0.15, -0.1) is 0 Å². The van der Waals surface area contributed by atoms with Crippen LogP contribution in [-0.2, 0) is 11.4 Å². The smallest absolute Gasteiger partial charge is 0.269 e. The molecule has 4 rings (SSSR count). The number of ether oxygens (including phenoxy) is 1. The van der Waals surface area contributed by atoms with Crippen LogP contribution in [0.25, 0.3) is 16.8 Å². The van der Waals surface area contributed by atoms with Gasteiger partial charge in [0.2, 0.25) is 0 Å². The molecule has 1 amide bonds. The SMILES string of the molecule is C[C@@H](NC(=O)/C(C#N)=C\c1c(OCc2cccc([N+](=O)[O-])c2)ccc2ccccc12)c1ccccc1. The zero-order valence-corrected chi connectivity index (χ0v) is 19.5. The van der Waals surface area contributed by atoms with E-state index in [4.69, 9.17) is 4.74 Å². The van der Waals surface area contributed by atoms with E-state index < -0.39 is 10.8 Å². The fourth-order valence-corrected chi connectivity index (χ4v) is 3.86. The first-order valence-corrected chi connectivity index (χ1v) is 11.3. The number of carbonyl (C=O) groups is 1. The van der Waals surface area contributed by atoms with Crippen molar-refractivity contribution in [3.05, 3.63) is 123 Å². The Balaban J connectivity index is 1.66. The molecule has 1 N–H and O–H groups in total. The molecule has 0 radical (unpaired) electrons. The van der Waals surface area contributed by atoms with E-state index in [-0.39, 0.29) is 23.9 Å². The molecule has 0 aliphatic rings. The zero-order chi connectivity index (χ0) is 25.5. The number of carbonyl (C=O) groups excluding carboxylic acids is 1. The molecule has 4 aromatic carbocycles. The van der Waals surface area contributed by atoms with E-state index in [9.17, 15) is 20.2 Å². The number of non-ortho nitro benzene ring substituents is 1. The average Bonchev–Trinajstić information content (AvgIpc) is 2.91. The summed E-state index contributed by atoms with van der Waals surface area (Å²) in [5, 5.41) is 25.5. The summed E-state index contributed by atoms with van der Waals surface area (Å²) >= 11 is 0. The quantitative estimate of drug-likeness (QED) is 0.143. The van der Waals surface area contributed by atoms with Crippen LogP contribution >= 0.6 is 0 Å².